The summed E-state index contributed by atoms with van der Waals surface area (Å²) in [6.07, 6.45) is 13.1. The number of thiophene rings is 3. The molecule has 1 aliphatic carbocycles. The third kappa shape index (κ3) is 5.41. The van der Waals surface area contributed by atoms with E-state index >= 15 is 0 Å². The van der Waals surface area contributed by atoms with E-state index in [9.17, 15) is 0 Å². The maximum atomic E-state index is 2.58. The zero-order valence-electron chi connectivity index (χ0n) is 23.9. The van der Waals surface area contributed by atoms with Gasteiger partial charge in [-0.1, -0.05) is 108 Å². The van der Waals surface area contributed by atoms with E-state index in [0.717, 1.165) is 0 Å². The molecule has 3 aromatic heterocycles. The first-order valence-electron chi connectivity index (χ1n) is 15.2. The first-order valence-corrected chi connectivity index (χ1v) is 17.7. The predicted octanol–water partition coefficient (Wildman–Crippen LogP) is 13.1. The van der Waals surface area contributed by atoms with Crippen LogP contribution in [-0.4, -0.2) is 0 Å². The number of benzene rings is 2. The highest BCUT2D eigenvalue weighted by atomic mass is 32.1. The van der Waals surface area contributed by atoms with Crippen molar-refractivity contribution in [1.29, 1.82) is 0 Å². The van der Waals surface area contributed by atoms with E-state index in [1.807, 2.05) is 34.0 Å². The van der Waals surface area contributed by atoms with Crippen LogP contribution in [0, 0.1) is 0 Å². The molecule has 0 nitrogen and oxygen atoms in total. The summed E-state index contributed by atoms with van der Waals surface area (Å²) >= 11 is 5.67. The van der Waals surface area contributed by atoms with E-state index in [-0.39, 0.29) is 5.41 Å². The fourth-order valence-electron chi connectivity index (χ4n) is 6.63. The fourth-order valence-corrected chi connectivity index (χ4v) is 9.56. The Morgan fingerprint density at radius 1 is 0.525 bits per heavy atom. The van der Waals surface area contributed by atoms with Gasteiger partial charge in [0.15, 0.2) is 0 Å². The maximum absolute atomic E-state index is 2.58. The Morgan fingerprint density at radius 3 is 1.82 bits per heavy atom. The van der Waals surface area contributed by atoms with Crippen molar-refractivity contribution in [1.82, 2.24) is 0 Å². The topological polar surface area (TPSA) is 0 Å². The third-order valence-corrected chi connectivity index (χ3v) is 12.2. The van der Waals surface area contributed by atoms with Crippen LogP contribution in [0.1, 0.15) is 89.2 Å². The van der Waals surface area contributed by atoms with Gasteiger partial charge in [0, 0.05) is 29.8 Å². The van der Waals surface area contributed by atoms with Crippen molar-refractivity contribution in [2.75, 3.05) is 0 Å². The molecule has 0 saturated carbocycles. The van der Waals surface area contributed by atoms with E-state index < -0.39 is 0 Å². The molecular weight excluding hydrogens is 541 g/mol. The van der Waals surface area contributed by atoms with Crippen LogP contribution in [0.4, 0.5) is 0 Å². The van der Waals surface area contributed by atoms with Gasteiger partial charge >= 0.3 is 0 Å². The molecule has 3 heteroatoms. The first-order chi connectivity index (χ1) is 19.7. The fraction of sp³-hybridized carbons (Fsp3) is 0.351. The van der Waals surface area contributed by atoms with Crippen LogP contribution in [0.15, 0.2) is 84.2 Å². The molecule has 0 radical (unpaired) electrons. The monoisotopic (exact) mass is 580 g/mol. The zero-order chi connectivity index (χ0) is 27.4. The Bertz CT molecular complexity index is 1520. The van der Waals surface area contributed by atoms with Crippen LogP contribution in [0.3, 0.4) is 0 Å². The van der Waals surface area contributed by atoms with Crippen molar-refractivity contribution in [3.8, 4) is 41.1 Å². The number of unbranched alkanes of at least 4 members (excludes halogenated alkanes) is 6. The maximum Gasteiger partial charge on any atom is 0.0449 e. The van der Waals surface area contributed by atoms with Gasteiger partial charge in [-0.05, 0) is 82.4 Å². The smallest absolute Gasteiger partial charge is 0.0449 e. The summed E-state index contributed by atoms with van der Waals surface area (Å²) in [6, 6.07) is 30.3. The lowest BCUT2D eigenvalue weighted by molar-refractivity contribution is 0.401. The normalized spacial score (nSPS) is 13.4. The highest BCUT2D eigenvalue weighted by molar-refractivity contribution is 7.27. The van der Waals surface area contributed by atoms with Crippen molar-refractivity contribution < 1.29 is 0 Å². The molecule has 5 aromatic rings. The van der Waals surface area contributed by atoms with Crippen molar-refractivity contribution in [2.24, 2.45) is 0 Å². The summed E-state index contributed by atoms with van der Waals surface area (Å²) in [5.41, 5.74) is 7.64. The van der Waals surface area contributed by atoms with Gasteiger partial charge in [-0.15, -0.1) is 34.0 Å². The summed E-state index contributed by atoms with van der Waals surface area (Å²) < 4.78 is 0. The summed E-state index contributed by atoms with van der Waals surface area (Å²) in [5, 5.41) is 2.16. The molecule has 1 aliphatic rings. The standard InChI is InChI=1S/C37H40S3/c1-3-5-7-11-23-37(24-12-8-6-4-2)30-15-10-9-14-28(30)29-18-17-27(26-31(29)37)32-19-20-35(39-32)36-22-21-34(40-36)33-16-13-25-38-33/h9-10,13-22,25-26H,3-8,11-12,23-24H2,1-2H3. The van der Waals surface area contributed by atoms with Crippen LogP contribution >= 0.6 is 34.0 Å². The van der Waals surface area contributed by atoms with Gasteiger partial charge in [-0.2, -0.15) is 0 Å². The minimum Gasteiger partial charge on any atom is -0.143 e. The Morgan fingerprint density at radius 2 is 1.15 bits per heavy atom. The van der Waals surface area contributed by atoms with Crippen LogP contribution in [0.25, 0.3) is 41.1 Å². The average Bonchev–Trinajstić information content (AvgIpc) is 3.80. The van der Waals surface area contributed by atoms with Crippen molar-refractivity contribution >= 4 is 34.0 Å². The molecule has 0 unspecified atom stereocenters. The number of fused-ring (bicyclic) bond motifs is 3. The minimum atomic E-state index is 0.146. The van der Waals surface area contributed by atoms with Gasteiger partial charge in [-0.25, -0.2) is 0 Å². The van der Waals surface area contributed by atoms with Gasteiger partial charge in [0.05, 0.1) is 0 Å². The lowest BCUT2D eigenvalue weighted by atomic mass is 9.70. The molecule has 0 amide bonds. The van der Waals surface area contributed by atoms with E-state index in [1.54, 1.807) is 11.1 Å². The molecule has 3 heterocycles. The second-order valence-corrected chi connectivity index (χ2v) is 14.4. The van der Waals surface area contributed by atoms with Crippen LogP contribution in [0.2, 0.25) is 0 Å². The molecule has 0 bridgehead atoms. The molecule has 0 fully saturated rings. The van der Waals surface area contributed by atoms with E-state index in [4.69, 9.17) is 0 Å². The van der Waals surface area contributed by atoms with Gasteiger partial charge in [0.25, 0.3) is 0 Å². The van der Waals surface area contributed by atoms with Crippen LogP contribution < -0.4 is 0 Å². The minimum absolute atomic E-state index is 0.146. The Balaban J connectivity index is 1.35. The highest BCUT2D eigenvalue weighted by Crippen LogP contribution is 2.55. The van der Waals surface area contributed by atoms with Crippen molar-refractivity contribution in [2.45, 2.75) is 83.5 Å². The van der Waals surface area contributed by atoms with E-state index in [2.05, 4.69) is 98.1 Å². The van der Waals surface area contributed by atoms with Gasteiger partial charge in [0.1, 0.15) is 0 Å². The SMILES string of the molecule is CCCCCCC1(CCCCCC)c2ccccc2-c2ccc(-c3ccc(-c4ccc(-c5cccs5)s4)s3)cc21. The zero-order valence-corrected chi connectivity index (χ0v) is 26.3. The van der Waals surface area contributed by atoms with Gasteiger partial charge in [-0.3, -0.25) is 0 Å². The van der Waals surface area contributed by atoms with Gasteiger partial charge in [0.2, 0.25) is 0 Å². The Kier molecular flexibility index (Phi) is 8.72. The third-order valence-electron chi connectivity index (χ3n) is 8.69. The number of rotatable bonds is 13. The van der Waals surface area contributed by atoms with Crippen LogP contribution in [0.5, 0.6) is 0 Å². The quantitative estimate of drug-likeness (QED) is 0.122. The highest BCUT2D eigenvalue weighted by Gasteiger charge is 2.42. The molecular formula is C37H40S3. The van der Waals surface area contributed by atoms with Gasteiger partial charge < -0.3 is 0 Å². The Hall–Kier alpha value is -2.46. The van der Waals surface area contributed by atoms with E-state index in [1.165, 1.54) is 105 Å². The van der Waals surface area contributed by atoms with Crippen molar-refractivity contribution in [3.05, 3.63) is 95.4 Å². The molecule has 2 aromatic carbocycles. The molecule has 40 heavy (non-hydrogen) atoms. The largest absolute Gasteiger partial charge is 0.143 e. The lowest BCUT2D eigenvalue weighted by Gasteiger charge is -2.33. The molecule has 0 spiro atoms. The molecule has 0 aliphatic heterocycles. The summed E-state index contributed by atoms with van der Waals surface area (Å²) in [7, 11) is 0. The molecule has 206 valence electrons. The van der Waals surface area contributed by atoms with E-state index in [0.29, 0.717) is 0 Å². The lowest BCUT2D eigenvalue weighted by Crippen LogP contribution is -2.25. The number of hydrogen-bond acceptors (Lipinski definition) is 3. The molecule has 0 atom stereocenters. The number of hydrogen-bond donors (Lipinski definition) is 0. The first kappa shape index (κ1) is 27.7. The average molecular weight is 581 g/mol. The summed E-state index contributed by atoms with van der Waals surface area (Å²) in [6.45, 7) is 4.64. The summed E-state index contributed by atoms with van der Waals surface area (Å²) in [4.78, 5) is 6.85. The molecule has 6 rings (SSSR count). The second kappa shape index (κ2) is 12.6. The van der Waals surface area contributed by atoms with Crippen LogP contribution in [-0.2, 0) is 5.41 Å². The van der Waals surface area contributed by atoms with Crippen molar-refractivity contribution in [3.63, 3.8) is 0 Å². The molecule has 0 N–H and O–H groups in total. The predicted molar refractivity (Wildman–Crippen MR) is 180 cm³/mol. The second-order valence-electron chi connectivity index (χ2n) is 11.3. The Labute approximate surface area is 252 Å². The summed E-state index contributed by atoms with van der Waals surface area (Å²) in [5.74, 6) is 0. The molecule has 0 saturated heterocycles.